The first kappa shape index (κ1) is 10.4. The second-order valence-corrected chi connectivity index (χ2v) is 4.83. The third kappa shape index (κ3) is 1.21. The highest BCUT2D eigenvalue weighted by atomic mass is 19.1. The van der Waals surface area contributed by atoms with Crippen molar-refractivity contribution in [3.05, 3.63) is 11.3 Å². The van der Waals surface area contributed by atoms with Gasteiger partial charge in [-0.05, 0) is 18.4 Å². The van der Waals surface area contributed by atoms with Crippen molar-refractivity contribution < 1.29 is 13.9 Å². The van der Waals surface area contributed by atoms with Crippen molar-refractivity contribution in [1.29, 1.82) is 0 Å². The van der Waals surface area contributed by atoms with Crippen molar-refractivity contribution in [2.45, 2.75) is 43.2 Å². The Balaban J connectivity index is 1.80. The molecule has 1 atom stereocenters. The molecule has 3 rings (SSSR count). The minimum absolute atomic E-state index is 0.0421. The van der Waals surface area contributed by atoms with E-state index in [4.69, 9.17) is 9.47 Å². The molecule has 0 amide bonds. The molecule has 16 heavy (non-hydrogen) atoms. The third-order valence-electron chi connectivity index (χ3n) is 3.90. The van der Waals surface area contributed by atoms with Gasteiger partial charge in [0.25, 0.3) is 0 Å². The highest BCUT2D eigenvalue weighted by molar-refractivity contribution is 5.34. The monoisotopic (exact) mass is 226 g/mol. The lowest BCUT2D eigenvalue weighted by Crippen LogP contribution is -2.54. The van der Waals surface area contributed by atoms with Crippen LogP contribution in [-0.4, -0.2) is 31.7 Å². The van der Waals surface area contributed by atoms with E-state index in [9.17, 15) is 4.39 Å². The molecule has 5 heteroatoms. The van der Waals surface area contributed by atoms with Crippen LogP contribution in [0.15, 0.2) is 21.5 Å². The second-order valence-electron chi connectivity index (χ2n) is 4.83. The van der Waals surface area contributed by atoms with Crippen LogP contribution in [0.25, 0.3) is 0 Å². The highest BCUT2D eigenvalue weighted by Crippen LogP contribution is 2.53. The zero-order chi connectivity index (χ0) is 11.4. The number of ether oxygens (including phenoxy) is 2. The van der Waals surface area contributed by atoms with Crippen molar-refractivity contribution >= 4 is 0 Å². The van der Waals surface area contributed by atoms with Crippen molar-refractivity contribution in [1.82, 2.24) is 0 Å². The van der Waals surface area contributed by atoms with Gasteiger partial charge in [-0.25, -0.2) is 4.39 Å². The van der Waals surface area contributed by atoms with E-state index < -0.39 is 12.0 Å². The van der Waals surface area contributed by atoms with Crippen LogP contribution in [0, 0.1) is 0 Å². The molecule has 1 heterocycles. The molecule has 4 nitrogen and oxygen atoms in total. The van der Waals surface area contributed by atoms with Gasteiger partial charge in [-0.15, -0.1) is 0 Å². The summed E-state index contributed by atoms with van der Waals surface area (Å²) in [7, 11) is 2.94. The molecule has 2 fully saturated rings. The summed E-state index contributed by atoms with van der Waals surface area (Å²) in [5, 5.41) is 8.33. The van der Waals surface area contributed by atoms with E-state index in [0.29, 0.717) is 12.0 Å². The van der Waals surface area contributed by atoms with Crippen LogP contribution in [0.3, 0.4) is 0 Å². The predicted octanol–water partition coefficient (Wildman–Crippen LogP) is 2.36. The zero-order valence-corrected chi connectivity index (χ0v) is 9.49. The molecule has 0 radical (unpaired) electrons. The number of hydrogen-bond donors (Lipinski definition) is 0. The van der Waals surface area contributed by atoms with Crippen LogP contribution in [-0.2, 0) is 9.47 Å². The molecule has 1 aliphatic heterocycles. The molecule has 0 aromatic carbocycles. The first-order valence-electron chi connectivity index (χ1n) is 5.54. The minimum atomic E-state index is -1.20. The fourth-order valence-electron chi connectivity index (χ4n) is 2.41. The number of rotatable bonds is 2. The summed E-state index contributed by atoms with van der Waals surface area (Å²) in [4.78, 5) is 0. The van der Waals surface area contributed by atoms with Crippen LogP contribution < -0.4 is 0 Å². The summed E-state index contributed by atoms with van der Waals surface area (Å²) in [6.07, 6.45) is 2.23. The predicted molar refractivity (Wildman–Crippen MR) is 54.7 cm³/mol. The van der Waals surface area contributed by atoms with Gasteiger partial charge in [-0.1, -0.05) is 0 Å². The Labute approximate surface area is 93.5 Å². The van der Waals surface area contributed by atoms with Gasteiger partial charge in [0.2, 0.25) is 5.79 Å². The van der Waals surface area contributed by atoms with Gasteiger partial charge in [0.05, 0.1) is 11.2 Å². The number of nitrogens with zero attached hydrogens (tertiary/aromatic N) is 2. The number of alkyl halides is 1. The van der Waals surface area contributed by atoms with Gasteiger partial charge in [0.15, 0.2) is 6.17 Å². The lowest BCUT2D eigenvalue weighted by molar-refractivity contribution is -0.263. The summed E-state index contributed by atoms with van der Waals surface area (Å²) in [6.45, 7) is 0. The molecule has 0 aromatic rings. The van der Waals surface area contributed by atoms with Crippen molar-refractivity contribution in [3.63, 3.8) is 0 Å². The Hall–Kier alpha value is -0.810. The summed E-state index contributed by atoms with van der Waals surface area (Å²) in [5.41, 5.74) is 1.56. The molecule has 3 aliphatic rings. The molecule has 0 aromatic heterocycles. The first-order valence-corrected chi connectivity index (χ1v) is 5.54. The topological polar surface area (TPSA) is 43.2 Å². The summed E-state index contributed by atoms with van der Waals surface area (Å²) < 4.78 is 24.2. The van der Waals surface area contributed by atoms with E-state index in [-0.39, 0.29) is 5.54 Å². The van der Waals surface area contributed by atoms with Gasteiger partial charge in [0.1, 0.15) is 0 Å². The van der Waals surface area contributed by atoms with Gasteiger partial charge in [0, 0.05) is 27.1 Å². The third-order valence-corrected chi connectivity index (χ3v) is 3.90. The Morgan fingerprint density at radius 2 is 1.94 bits per heavy atom. The van der Waals surface area contributed by atoms with Gasteiger partial charge >= 0.3 is 0 Å². The number of methoxy groups -OCH3 is 2. The fourth-order valence-corrected chi connectivity index (χ4v) is 2.41. The van der Waals surface area contributed by atoms with Crippen LogP contribution in [0.1, 0.15) is 25.7 Å². The quantitative estimate of drug-likeness (QED) is 0.678. The van der Waals surface area contributed by atoms with Crippen LogP contribution in [0.2, 0.25) is 0 Å². The fraction of sp³-hybridized carbons (Fsp3) is 0.818. The SMILES string of the molecule is COC1(OC)C/C(=C2\CC3(CC3)N=N2)C1F. The molecule has 0 bridgehead atoms. The number of hydrogen-bond acceptors (Lipinski definition) is 4. The van der Waals surface area contributed by atoms with Crippen molar-refractivity contribution in [3.8, 4) is 0 Å². The van der Waals surface area contributed by atoms with Gasteiger partial charge in [-0.3, -0.25) is 0 Å². The summed E-state index contributed by atoms with van der Waals surface area (Å²) in [6, 6.07) is 0. The van der Waals surface area contributed by atoms with E-state index in [1.54, 1.807) is 0 Å². The Morgan fingerprint density at radius 3 is 2.38 bits per heavy atom. The maximum Gasteiger partial charge on any atom is 0.207 e. The maximum atomic E-state index is 14.0. The smallest absolute Gasteiger partial charge is 0.207 e. The Kier molecular flexibility index (Phi) is 2.01. The van der Waals surface area contributed by atoms with Crippen molar-refractivity contribution in [2.24, 2.45) is 10.2 Å². The summed E-state index contributed by atoms with van der Waals surface area (Å²) in [5.74, 6) is -1.09. The number of azo groups is 1. The largest absolute Gasteiger partial charge is 0.350 e. The molecule has 2 saturated carbocycles. The molecule has 1 unspecified atom stereocenters. The lowest BCUT2D eigenvalue weighted by Gasteiger charge is -2.44. The number of halogens is 1. The Bertz CT molecular complexity index is 383. The molecule has 0 N–H and O–H groups in total. The highest BCUT2D eigenvalue weighted by Gasteiger charge is 2.56. The van der Waals surface area contributed by atoms with E-state index in [0.717, 1.165) is 25.0 Å². The van der Waals surface area contributed by atoms with Gasteiger partial charge in [-0.2, -0.15) is 10.2 Å². The molecule has 2 aliphatic carbocycles. The maximum absolute atomic E-state index is 14.0. The standard InChI is InChI=1S/C11H15FN2O2/c1-15-11(16-2)5-7(9(11)12)8-6-10(3-4-10)14-13-8/h9H,3-6H2,1-2H3/b8-7-. The summed E-state index contributed by atoms with van der Waals surface area (Å²) >= 11 is 0. The second kappa shape index (κ2) is 3.11. The average molecular weight is 226 g/mol. The zero-order valence-electron chi connectivity index (χ0n) is 9.49. The van der Waals surface area contributed by atoms with E-state index >= 15 is 0 Å². The molecule has 1 spiro atoms. The first-order chi connectivity index (χ1) is 7.65. The van der Waals surface area contributed by atoms with E-state index in [2.05, 4.69) is 10.2 Å². The van der Waals surface area contributed by atoms with Gasteiger partial charge < -0.3 is 9.47 Å². The molecule has 0 saturated heterocycles. The van der Waals surface area contributed by atoms with Crippen LogP contribution in [0.4, 0.5) is 4.39 Å². The van der Waals surface area contributed by atoms with Crippen LogP contribution in [0.5, 0.6) is 0 Å². The normalized spacial score (nSPS) is 37.8. The molecule has 88 valence electrons. The molecular formula is C11H15FN2O2. The minimum Gasteiger partial charge on any atom is -0.350 e. The van der Waals surface area contributed by atoms with Crippen LogP contribution >= 0.6 is 0 Å². The molecular weight excluding hydrogens is 211 g/mol. The van der Waals surface area contributed by atoms with E-state index in [1.807, 2.05) is 0 Å². The Morgan fingerprint density at radius 1 is 1.25 bits per heavy atom. The average Bonchev–Trinajstić information content (AvgIpc) is 2.92. The van der Waals surface area contributed by atoms with Crippen molar-refractivity contribution in [2.75, 3.05) is 14.2 Å². The lowest BCUT2D eigenvalue weighted by atomic mass is 9.80. The van der Waals surface area contributed by atoms with E-state index in [1.165, 1.54) is 14.2 Å².